The van der Waals surface area contributed by atoms with Gasteiger partial charge in [0.1, 0.15) is 0 Å². The predicted molar refractivity (Wildman–Crippen MR) is 127 cm³/mol. The second kappa shape index (κ2) is 7.10. The molecule has 3 aliphatic rings. The average molecular weight is 461 g/mol. The Morgan fingerprint density at radius 1 is 1.07 bits per heavy atom. The van der Waals surface area contributed by atoms with Gasteiger partial charge in [0.25, 0.3) is 0 Å². The van der Waals surface area contributed by atoms with Crippen LogP contribution in [0.1, 0.15) is 43.0 Å². The second-order valence-corrected chi connectivity index (χ2v) is 9.59. The topological polar surface area (TPSA) is 41.4 Å². The van der Waals surface area contributed by atoms with Crippen LogP contribution in [0.15, 0.2) is 70.3 Å². The van der Waals surface area contributed by atoms with E-state index in [0.29, 0.717) is 6.04 Å². The van der Waals surface area contributed by atoms with E-state index >= 15 is 0 Å². The zero-order chi connectivity index (χ0) is 20.1. The molecular weight excluding hydrogens is 436 g/mol. The van der Waals surface area contributed by atoms with E-state index in [-0.39, 0.29) is 5.54 Å². The maximum Gasteiger partial charge on any atom is 0.0639 e. The zero-order valence-corrected chi connectivity index (χ0v) is 18.5. The molecule has 152 valence electrons. The summed E-state index contributed by atoms with van der Waals surface area (Å²) in [4.78, 5) is 0. The third-order valence-corrected chi connectivity index (χ3v) is 7.53. The third-order valence-electron chi connectivity index (χ3n) is 7.00. The number of rotatable bonds is 2. The molecule has 0 bridgehead atoms. The first kappa shape index (κ1) is 18.4. The number of para-hydroxylation sites is 1. The Morgan fingerprint density at radius 2 is 1.93 bits per heavy atom. The Morgan fingerprint density at radius 3 is 2.77 bits per heavy atom. The maximum absolute atomic E-state index is 4.67. The molecule has 3 heterocycles. The summed E-state index contributed by atoms with van der Waals surface area (Å²) in [7, 11) is 0. The Balaban J connectivity index is 1.37. The molecule has 30 heavy (non-hydrogen) atoms. The van der Waals surface area contributed by atoms with Gasteiger partial charge >= 0.3 is 0 Å². The molecule has 1 aromatic heterocycles. The molecule has 4 nitrogen and oxygen atoms in total. The number of hydrogen-bond acceptors (Lipinski definition) is 3. The van der Waals surface area contributed by atoms with E-state index in [9.17, 15) is 0 Å². The zero-order valence-electron chi connectivity index (χ0n) is 16.9. The molecule has 2 aliphatic heterocycles. The molecule has 0 fully saturated rings. The van der Waals surface area contributed by atoms with E-state index in [1.165, 1.54) is 29.4 Å². The van der Waals surface area contributed by atoms with Crippen molar-refractivity contribution < 1.29 is 0 Å². The molecule has 0 saturated heterocycles. The Hall–Kier alpha value is -2.37. The second-order valence-electron chi connectivity index (χ2n) is 8.67. The SMILES string of the molecule is Brc1ccc(N/N=C2\C=C[C@@]3(CC2)CC[C@@H]2NCCc4c2n3c2ccccc42)cc1. The molecule has 1 spiro atoms. The quantitative estimate of drug-likeness (QED) is 0.467. The molecule has 5 heteroatoms. The van der Waals surface area contributed by atoms with Crippen molar-refractivity contribution in [2.45, 2.75) is 43.7 Å². The van der Waals surface area contributed by atoms with Crippen molar-refractivity contribution in [3.8, 4) is 0 Å². The molecule has 0 radical (unpaired) electrons. The summed E-state index contributed by atoms with van der Waals surface area (Å²) < 4.78 is 3.75. The van der Waals surface area contributed by atoms with Crippen LogP contribution in [-0.4, -0.2) is 16.8 Å². The fourth-order valence-corrected chi connectivity index (χ4v) is 5.82. The van der Waals surface area contributed by atoms with E-state index in [1.807, 2.05) is 24.3 Å². The summed E-state index contributed by atoms with van der Waals surface area (Å²) in [6, 6.07) is 17.6. The molecule has 1 aliphatic carbocycles. The number of anilines is 1. The van der Waals surface area contributed by atoms with Gasteiger partial charge in [0.2, 0.25) is 0 Å². The van der Waals surface area contributed by atoms with Crippen LogP contribution in [0.5, 0.6) is 0 Å². The number of hydrazone groups is 1. The van der Waals surface area contributed by atoms with Gasteiger partial charge in [-0.1, -0.05) is 40.2 Å². The van der Waals surface area contributed by atoms with Gasteiger partial charge in [-0.25, -0.2) is 0 Å². The lowest BCUT2D eigenvalue weighted by Gasteiger charge is -2.45. The fraction of sp³-hybridized carbons (Fsp3) is 0.320. The number of fused-ring (bicyclic) bond motifs is 4. The Bertz CT molecular complexity index is 1170. The van der Waals surface area contributed by atoms with Gasteiger partial charge in [-0.3, -0.25) is 5.43 Å². The van der Waals surface area contributed by atoms with Gasteiger partial charge in [0.05, 0.1) is 16.9 Å². The smallest absolute Gasteiger partial charge is 0.0639 e. The Labute approximate surface area is 185 Å². The van der Waals surface area contributed by atoms with E-state index < -0.39 is 0 Å². The molecular formula is C25H25BrN4. The monoisotopic (exact) mass is 460 g/mol. The molecule has 3 aromatic rings. The summed E-state index contributed by atoms with van der Waals surface area (Å²) >= 11 is 3.48. The predicted octanol–water partition coefficient (Wildman–Crippen LogP) is 5.90. The third kappa shape index (κ3) is 2.87. The maximum atomic E-state index is 4.67. The summed E-state index contributed by atoms with van der Waals surface area (Å²) in [6.07, 6.45) is 10.3. The van der Waals surface area contributed by atoms with Crippen LogP contribution in [0.25, 0.3) is 10.9 Å². The summed E-state index contributed by atoms with van der Waals surface area (Å²) in [5, 5.41) is 9.89. The van der Waals surface area contributed by atoms with Crippen molar-refractivity contribution in [1.29, 1.82) is 0 Å². The highest BCUT2D eigenvalue weighted by Gasteiger charge is 2.42. The van der Waals surface area contributed by atoms with Crippen LogP contribution < -0.4 is 10.7 Å². The number of aromatic nitrogens is 1. The normalized spacial score (nSPS) is 26.3. The van der Waals surface area contributed by atoms with E-state index in [0.717, 1.165) is 41.7 Å². The molecule has 2 aromatic carbocycles. The molecule has 0 unspecified atom stereocenters. The van der Waals surface area contributed by atoms with Crippen LogP contribution in [0.4, 0.5) is 5.69 Å². The number of nitrogens with one attached hydrogen (secondary N) is 2. The lowest BCUT2D eigenvalue weighted by atomic mass is 9.77. The van der Waals surface area contributed by atoms with Gasteiger partial charge in [-0.05, 0) is 80.6 Å². The number of allylic oxidation sites excluding steroid dienone is 2. The highest BCUT2D eigenvalue weighted by molar-refractivity contribution is 9.10. The first-order valence-electron chi connectivity index (χ1n) is 10.9. The first-order valence-corrected chi connectivity index (χ1v) is 11.7. The van der Waals surface area contributed by atoms with Crippen molar-refractivity contribution >= 4 is 38.2 Å². The van der Waals surface area contributed by atoms with Crippen LogP contribution in [0.2, 0.25) is 0 Å². The van der Waals surface area contributed by atoms with Gasteiger partial charge in [0.15, 0.2) is 0 Å². The van der Waals surface area contributed by atoms with Gasteiger partial charge in [-0.15, -0.1) is 0 Å². The van der Waals surface area contributed by atoms with Crippen molar-refractivity contribution in [1.82, 2.24) is 9.88 Å². The van der Waals surface area contributed by atoms with E-state index in [1.54, 1.807) is 5.56 Å². The van der Waals surface area contributed by atoms with E-state index in [2.05, 4.69) is 72.8 Å². The lowest BCUT2D eigenvalue weighted by Crippen LogP contribution is -2.44. The van der Waals surface area contributed by atoms with Crippen LogP contribution >= 0.6 is 15.9 Å². The minimum atomic E-state index is 0.0688. The average Bonchev–Trinajstić information content (AvgIpc) is 3.14. The lowest BCUT2D eigenvalue weighted by molar-refractivity contribution is 0.239. The van der Waals surface area contributed by atoms with Crippen molar-refractivity contribution in [3.05, 3.63) is 76.4 Å². The Kier molecular flexibility index (Phi) is 4.36. The van der Waals surface area contributed by atoms with Crippen LogP contribution in [0, 0.1) is 0 Å². The number of benzene rings is 2. The van der Waals surface area contributed by atoms with Gasteiger partial charge in [-0.2, -0.15) is 5.10 Å². The van der Waals surface area contributed by atoms with Gasteiger partial charge < -0.3 is 9.88 Å². The highest BCUT2D eigenvalue weighted by Crippen LogP contribution is 2.48. The molecule has 6 rings (SSSR count). The van der Waals surface area contributed by atoms with Crippen molar-refractivity contribution in [2.24, 2.45) is 5.10 Å². The standard InChI is InChI=1S/C25H25BrN4/c26-17-5-7-18(8-6-17)28-29-19-9-13-25(14-10-19)15-11-22-24-21(12-16-27-22)20-3-1-2-4-23(20)30(24)25/h1-9,13,22,27-28H,10-12,14-16H2/b29-19+/t22-,25+/m0/s1. The number of halogens is 1. The summed E-state index contributed by atoms with van der Waals surface area (Å²) in [6.45, 7) is 1.09. The molecule has 0 amide bonds. The molecule has 0 saturated carbocycles. The number of nitrogens with zero attached hydrogens (tertiary/aromatic N) is 2. The van der Waals surface area contributed by atoms with Crippen molar-refractivity contribution in [3.63, 3.8) is 0 Å². The van der Waals surface area contributed by atoms with Crippen LogP contribution in [0.3, 0.4) is 0 Å². The summed E-state index contributed by atoms with van der Waals surface area (Å²) in [5.41, 5.74) is 9.91. The number of hydrogen-bond donors (Lipinski definition) is 2. The fourth-order valence-electron chi connectivity index (χ4n) is 5.56. The molecule has 2 N–H and O–H groups in total. The minimum absolute atomic E-state index is 0.0688. The van der Waals surface area contributed by atoms with Crippen LogP contribution in [-0.2, 0) is 12.0 Å². The van der Waals surface area contributed by atoms with E-state index in [4.69, 9.17) is 0 Å². The largest absolute Gasteiger partial charge is 0.333 e. The highest BCUT2D eigenvalue weighted by atomic mass is 79.9. The molecule has 2 atom stereocenters. The van der Waals surface area contributed by atoms with Gasteiger partial charge in [0, 0.05) is 27.1 Å². The first-order chi connectivity index (χ1) is 14.7. The van der Waals surface area contributed by atoms with Crippen molar-refractivity contribution in [2.75, 3.05) is 12.0 Å². The summed E-state index contributed by atoms with van der Waals surface area (Å²) in [5.74, 6) is 0. The minimum Gasteiger partial charge on any atom is -0.333 e.